The first-order valence-corrected chi connectivity index (χ1v) is 8.40. The Labute approximate surface area is 134 Å². The Bertz CT molecular complexity index is 470. The van der Waals surface area contributed by atoms with Crippen LogP contribution in [0, 0.1) is 0 Å². The van der Waals surface area contributed by atoms with Crippen LogP contribution in [0.15, 0.2) is 24.3 Å². The lowest BCUT2D eigenvalue weighted by Gasteiger charge is -2.33. The molecule has 1 unspecified atom stereocenters. The van der Waals surface area contributed by atoms with E-state index in [4.69, 9.17) is 0 Å². The molecule has 4 nitrogen and oxygen atoms in total. The summed E-state index contributed by atoms with van der Waals surface area (Å²) in [5.74, 6) is 0.200. The van der Waals surface area contributed by atoms with Gasteiger partial charge in [0.25, 0.3) is 0 Å². The minimum Gasteiger partial charge on any atom is -0.378 e. The van der Waals surface area contributed by atoms with Crippen LogP contribution in [0.3, 0.4) is 0 Å². The maximum absolute atomic E-state index is 12.3. The number of hydrogen-bond acceptors (Lipinski definition) is 3. The number of carbonyl (C=O) groups excluding carboxylic acids is 1. The lowest BCUT2D eigenvalue weighted by Crippen LogP contribution is -2.49. The molecule has 4 heteroatoms. The van der Waals surface area contributed by atoms with Crippen LogP contribution >= 0.6 is 0 Å². The first-order valence-electron chi connectivity index (χ1n) is 8.40. The number of piperidine rings is 1. The lowest BCUT2D eigenvalue weighted by atomic mass is 10.0. The Balaban J connectivity index is 1.78. The third kappa shape index (κ3) is 4.47. The molecule has 0 bridgehead atoms. The quantitative estimate of drug-likeness (QED) is 0.876. The van der Waals surface area contributed by atoms with Crippen molar-refractivity contribution < 1.29 is 4.79 Å². The number of benzene rings is 1. The summed E-state index contributed by atoms with van der Waals surface area (Å²) in [4.78, 5) is 16.7. The second-order valence-corrected chi connectivity index (χ2v) is 6.24. The number of likely N-dealkylation sites (tertiary alicyclic amines) is 1. The molecule has 0 spiro atoms. The van der Waals surface area contributed by atoms with E-state index < -0.39 is 0 Å². The maximum atomic E-state index is 12.3. The zero-order valence-electron chi connectivity index (χ0n) is 14.1. The summed E-state index contributed by atoms with van der Waals surface area (Å²) in [5.41, 5.74) is 2.47. The highest BCUT2D eigenvalue weighted by atomic mass is 16.2. The molecular formula is C18H29N3O. The average molecular weight is 303 g/mol. The fraction of sp³-hybridized carbons (Fsp3) is 0.611. The topological polar surface area (TPSA) is 35.6 Å². The molecule has 2 rings (SSSR count). The molecule has 0 radical (unpaired) electrons. The van der Waals surface area contributed by atoms with E-state index >= 15 is 0 Å². The maximum Gasteiger partial charge on any atom is 0.237 e. The van der Waals surface area contributed by atoms with Gasteiger partial charge in [0, 0.05) is 26.3 Å². The molecule has 1 amide bonds. The van der Waals surface area contributed by atoms with Gasteiger partial charge in [0.1, 0.15) is 0 Å². The molecule has 1 heterocycles. The number of nitrogens with one attached hydrogen (secondary N) is 1. The Morgan fingerprint density at radius 2 is 2.00 bits per heavy atom. The normalized spacial score (nSPS) is 19.0. The zero-order chi connectivity index (χ0) is 15.9. The highest BCUT2D eigenvalue weighted by molar-refractivity contribution is 5.81. The second-order valence-electron chi connectivity index (χ2n) is 6.24. The summed E-state index contributed by atoms with van der Waals surface area (Å²) >= 11 is 0. The van der Waals surface area contributed by atoms with Gasteiger partial charge >= 0.3 is 0 Å². The van der Waals surface area contributed by atoms with Gasteiger partial charge in [0.05, 0.1) is 6.04 Å². The van der Waals surface area contributed by atoms with Gasteiger partial charge in [0.15, 0.2) is 0 Å². The highest BCUT2D eigenvalue weighted by Gasteiger charge is 2.26. The summed E-state index contributed by atoms with van der Waals surface area (Å²) in [7, 11) is 4.08. The fourth-order valence-electron chi connectivity index (χ4n) is 3.08. The van der Waals surface area contributed by atoms with Crippen molar-refractivity contribution in [3.63, 3.8) is 0 Å². The number of carbonyl (C=O) groups is 1. The molecule has 1 fully saturated rings. The molecule has 0 aliphatic carbocycles. The van der Waals surface area contributed by atoms with Gasteiger partial charge in [0.2, 0.25) is 5.91 Å². The SMILES string of the molecule is CCN1CCCCC1C(=O)NCCc1ccc(N(C)C)cc1. The summed E-state index contributed by atoms with van der Waals surface area (Å²) < 4.78 is 0. The molecule has 0 saturated carbocycles. The molecule has 1 atom stereocenters. The van der Waals surface area contributed by atoms with Crippen LogP contribution in [0.5, 0.6) is 0 Å². The van der Waals surface area contributed by atoms with Crippen molar-refractivity contribution in [1.82, 2.24) is 10.2 Å². The van der Waals surface area contributed by atoms with E-state index in [1.807, 2.05) is 14.1 Å². The molecule has 1 saturated heterocycles. The molecule has 1 aliphatic heterocycles. The van der Waals surface area contributed by atoms with Gasteiger partial charge in [-0.1, -0.05) is 25.5 Å². The Hall–Kier alpha value is -1.55. The van der Waals surface area contributed by atoms with E-state index in [0.717, 1.165) is 25.9 Å². The van der Waals surface area contributed by atoms with Crippen molar-refractivity contribution in [3.8, 4) is 0 Å². The van der Waals surface area contributed by atoms with Crippen molar-refractivity contribution in [3.05, 3.63) is 29.8 Å². The number of nitrogens with zero attached hydrogens (tertiary/aromatic N) is 2. The van der Waals surface area contributed by atoms with Crippen LogP contribution < -0.4 is 10.2 Å². The molecule has 1 aliphatic rings. The van der Waals surface area contributed by atoms with E-state index in [2.05, 4.69) is 46.3 Å². The smallest absolute Gasteiger partial charge is 0.237 e. The number of rotatable bonds is 6. The predicted molar refractivity (Wildman–Crippen MR) is 92.4 cm³/mol. The van der Waals surface area contributed by atoms with Gasteiger partial charge in [-0.2, -0.15) is 0 Å². The van der Waals surface area contributed by atoms with Crippen LogP contribution in [0.4, 0.5) is 5.69 Å². The van der Waals surface area contributed by atoms with E-state index in [-0.39, 0.29) is 11.9 Å². The predicted octanol–water partition coefficient (Wildman–Crippen LogP) is 2.29. The van der Waals surface area contributed by atoms with Crippen LogP contribution in [0.25, 0.3) is 0 Å². The molecular weight excluding hydrogens is 274 g/mol. The van der Waals surface area contributed by atoms with Crippen LogP contribution in [-0.2, 0) is 11.2 Å². The average Bonchev–Trinajstić information content (AvgIpc) is 2.55. The Morgan fingerprint density at radius 3 is 2.64 bits per heavy atom. The van der Waals surface area contributed by atoms with Gasteiger partial charge in [-0.05, 0) is 50.0 Å². The minimum atomic E-state index is 0.0786. The number of anilines is 1. The Kier molecular flexibility index (Phi) is 6.25. The molecule has 1 aromatic carbocycles. The van der Waals surface area contributed by atoms with Crippen LogP contribution in [-0.4, -0.2) is 50.6 Å². The molecule has 0 aromatic heterocycles. The third-order valence-corrected chi connectivity index (χ3v) is 4.49. The first kappa shape index (κ1) is 16.8. The van der Waals surface area contributed by atoms with Gasteiger partial charge in [-0.3, -0.25) is 9.69 Å². The molecule has 1 aromatic rings. The zero-order valence-corrected chi connectivity index (χ0v) is 14.1. The molecule has 1 N–H and O–H groups in total. The summed E-state index contributed by atoms with van der Waals surface area (Å²) in [5, 5.41) is 3.11. The van der Waals surface area contributed by atoms with E-state index in [9.17, 15) is 4.79 Å². The van der Waals surface area contributed by atoms with Crippen LogP contribution in [0.2, 0.25) is 0 Å². The highest BCUT2D eigenvalue weighted by Crippen LogP contribution is 2.16. The Morgan fingerprint density at radius 1 is 1.27 bits per heavy atom. The largest absolute Gasteiger partial charge is 0.378 e. The van der Waals surface area contributed by atoms with E-state index in [1.54, 1.807) is 0 Å². The van der Waals surface area contributed by atoms with E-state index in [0.29, 0.717) is 6.54 Å². The van der Waals surface area contributed by atoms with Gasteiger partial charge < -0.3 is 10.2 Å². The van der Waals surface area contributed by atoms with E-state index in [1.165, 1.54) is 24.1 Å². The molecule has 122 valence electrons. The summed E-state index contributed by atoms with van der Waals surface area (Å²) in [6.45, 7) is 4.87. The van der Waals surface area contributed by atoms with Crippen LogP contribution in [0.1, 0.15) is 31.7 Å². The van der Waals surface area contributed by atoms with Crippen molar-refractivity contribution in [2.24, 2.45) is 0 Å². The van der Waals surface area contributed by atoms with Gasteiger partial charge in [-0.15, -0.1) is 0 Å². The minimum absolute atomic E-state index is 0.0786. The summed E-state index contributed by atoms with van der Waals surface area (Å²) in [6.07, 6.45) is 4.27. The summed E-state index contributed by atoms with van der Waals surface area (Å²) in [6, 6.07) is 8.60. The van der Waals surface area contributed by atoms with Gasteiger partial charge in [-0.25, -0.2) is 0 Å². The van der Waals surface area contributed by atoms with Crippen molar-refractivity contribution in [2.45, 2.75) is 38.6 Å². The first-order chi connectivity index (χ1) is 10.6. The second kappa shape index (κ2) is 8.18. The standard InChI is InChI=1S/C18H29N3O/c1-4-21-14-6-5-7-17(21)18(22)19-13-12-15-8-10-16(11-9-15)20(2)3/h8-11,17H,4-7,12-14H2,1-3H3,(H,19,22). The fourth-order valence-corrected chi connectivity index (χ4v) is 3.08. The van der Waals surface area contributed by atoms with Crippen molar-refractivity contribution in [2.75, 3.05) is 38.6 Å². The lowest BCUT2D eigenvalue weighted by molar-refractivity contribution is -0.127. The number of hydrogen-bond donors (Lipinski definition) is 1. The number of amides is 1. The van der Waals surface area contributed by atoms with Crippen molar-refractivity contribution >= 4 is 11.6 Å². The monoisotopic (exact) mass is 303 g/mol. The number of likely N-dealkylation sites (N-methyl/N-ethyl adjacent to an activating group) is 1. The third-order valence-electron chi connectivity index (χ3n) is 4.49. The van der Waals surface area contributed by atoms with Crippen molar-refractivity contribution in [1.29, 1.82) is 0 Å². The molecule has 22 heavy (non-hydrogen) atoms.